The molecule has 0 aliphatic heterocycles. The Morgan fingerprint density at radius 3 is 2.11 bits per heavy atom. The van der Waals surface area contributed by atoms with Crippen LogP contribution in [0.3, 0.4) is 0 Å². The molecule has 0 spiro atoms. The van der Waals surface area contributed by atoms with Crippen molar-refractivity contribution in [2.24, 2.45) is 5.14 Å². The van der Waals surface area contributed by atoms with E-state index in [1.807, 2.05) is 6.92 Å². The van der Waals surface area contributed by atoms with Crippen LogP contribution in [0.5, 0.6) is 0 Å². The Morgan fingerprint density at radius 2 is 2.00 bits per heavy atom. The normalized spacial score (nSPS) is 10.4. The minimum Gasteiger partial charge on any atom is -1.00 e. The molecule has 0 unspecified atom stereocenters. The van der Waals surface area contributed by atoms with Gasteiger partial charge in [0.15, 0.2) is 0 Å². The van der Waals surface area contributed by atoms with Crippen molar-refractivity contribution >= 4 is 10.0 Å². The van der Waals surface area contributed by atoms with Gasteiger partial charge in [-0.15, -0.1) is 0 Å². The van der Waals surface area contributed by atoms with Crippen LogP contribution in [-0.4, -0.2) is 14.2 Å². The van der Waals surface area contributed by atoms with Gasteiger partial charge in [-0.2, -0.15) is 0 Å². The Bertz CT molecular complexity index is 147. The van der Waals surface area contributed by atoms with Gasteiger partial charge in [0.25, 0.3) is 0 Å². The topological polar surface area (TPSA) is 60.2 Å². The summed E-state index contributed by atoms with van der Waals surface area (Å²) in [5, 5.41) is 4.69. The second kappa shape index (κ2) is 6.27. The maximum atomic E-state index is 10.2. The Balaban J connectivity index is -0.000000245. The van der Waals surface area contributed by atoms with Crippen molar-refractivity contribution in [3.8, 4) is 0 Å². The van der Waals surface area contributed by atoms with Gasteiger partial charge in [-0.05, 0) is 6.42 Å². The minimum atomic E-state index is -3.19. The maximum Gasteiger partial charge on any atom is 1.00 e. The van der Waals surface area contributed by atoms with Crippen LogP contribution in [0.15, 0.2) is 0 Å². The fraction of sp³-hybridized carbons (Fsp3) is 1.00. The molecule has 0 rings (SSSR count). The molecular weight excluding hydrogens is 165 g/mol. The van der Waals surface area contributed by atoms with Crippen LogP contribution in [0.2, 0.25) is 0 Å². The number of unbranched alkanes of at least 4 members (excludes halogenated alkanes) is 1. The molecule has 9 heavy (non-hydrogen) atoms. The van der Waals surface area contributed by atoms with Crippen LogP contribution in [-0.2, 0) is 10.0 Å². The van der Waals surface area contributed by atoms with Crippen molar-refractivity contribution in [2.45, 2.75) is 19.8 Å². The standard InChI is InChI=1S/C4H11NO2S.K.H/c1-2-3-4-8(5,6)7;;/h2-4H2,1H3,(H2,5,6,7);;/q;+1;-1. The zero-order valence-electron chi connectivity index (χ0n) is 6.92. The Labute approximate surface area is 100 Å². The van der Waals surface area contributed by atoms with E-state index in [0.29, 0.717) is 6.42 Å². The van der Waals surface area contributed by atoms with Gasteiger partial charge < -0.3 is 1.43 Å². The molecule has 0 aliphatic rings. The molecule has 0 saturated heterocycles. The molecule has 0 amide bonds. The number of hydrogen-bond donors (Lipinski definition) is 1. The first kappa shape index (κ1) is 13.2. The third kappa shape index (κ3) is 12.7. The summed E-state index contributed by atoms with van der Waals surface area (Å²) in [4.78, 5) is 0. The second-order valence-electron chi connectivity index (χ2n) is 1.72. The molecule has 3 nitrogen and oxygen atoms in total. The van der Waals surface area contributed by atoms with E-state index in [1.165, 1.54) is 0 Å². The number of primary sulfonamides is 1. The maximum absolute atomic E-state index is 10.2. The Morgan fingerprint density at radius 1 is 1.56 bits per heavy atom. The third-order valence-corrected chi connectivity index (χ3v) is 1.64. The molecule has 0 aliphatic carbocycles. The summed E-state index contributed by atoms with van der Waals surface area (Å²) in [6.07, 6.45) is 1.54. The molecule has 2 N–H and O–H groups in total. The van der Waals surface area contributed by atoms with Crippen molar-refractivity contribution in [3.63, 3.8) is 0 Å². The molecule has 0 bridgehead atoms. The molecule has 5 heteroatoms. The monoisotopic (exact) mass is 177 g/mol. The largest absolute Gasteiger partial charge is 1.00 e. The van der Waals surface area contributed by atoms with Crippen molar-refractivity contribution in [1.82, 2.24) is 0 Å². The van der Waals surface area contributed by atoms with Crippen molar-refractivity contribution in [3.05, 3.63) is 0 Å². The third-order valence-electron chi connectivity index (χ3n) is 0.782. The molecule has 0 aromatic carbocycles. The smallest absolute Gasteiger partial charge is 1.00 e. The SMILES string of the molecule is CCCCS(N)(=O)=O.[H-].[K+]. The van der Waals surface area contributed by atoms with Crippen molar-refractivity contribution in [2.75, 3.05) is 5.75 Å². The average Bonchev–Trinajstić information content (AvgIpc) is 1.59. The summed E-state index contributed by atoms with van der Waals surface area (Å²) in [5.41, 5.74) is 0. The van der Waals surface area contributed by atoms with Crippen LogP contribution >= 0.6 is 0 Å². The first-order valence-corrected chi connectivity index (χ1v) is 4.28. The van der Waals surface area contributed by atoms with E-state index in [2.05, 4.69) is 0 Å². The summed E-state index contributed by atoms with van der Waals surface area (Å²) >= 11 is 0. The van der Waals surface area contributed by atoms with E-state index in [-0.39, 0.29) is 58.6 Å². The van der Waals surface area contributed by atoms with Crippen LogP contribution in [0, 0.1) is 0 Å². The molecular formula is C4H12KNO2S. The van der Waals surface area contributed by atoms with Crippen molar-refractivity contribution < 1.29 is 61.2 Å². The van der Waals surface area contributed by atoms with Gasteiger partial charge in [-0.3, -0.25) is 0 Å². The number of sulfonamides is 1. The van der Waals surface area contributed by atoms with Crippen molar-refractivity contribution in [1.29, 1.82) is 0 Å². The van der Waals surface area contributed by atoms with E-state index >= 15 is 0 Å². The number of hydrogen-bond acceptors (Lipinski definition) is 2. The molecule has 0 saturated carbocycles. The van der Waals surface area contributed by atoms with Crippen LogP contribution in [0.4, 0.5) is 0 Å². The predicted octanol–water partition coefficient (Wildman–Crippen LogP) is -2.81. The minimum absolute atomic E-state index is 0. The molecule has 0 radical (unpaired) electrons. The number of nitrogens with two attached hydrogens (primary N) is 1. The fourth-order valence-electron chi connectivity index (χ4n) is 0.346. The van der Waals surface area contributed by atoms with E-state index in [1.54, 1.807) is 0 Å². The quantitative estimate of drug-likeness (QED) is 0.473. The van der Waals surface area contributed by atoms with E-state index in [9.17, 15) is 8.42 Å². The number of rotatable bonds is 3. The van der Waals surface area contributed by atoms with E-state index in [0.717, 1.165) is 6.42 Å². The zero-order valence-corrected chi connectivity index (χ0v) is 9.86. The molecule has 0 heterocycles. The van der Waals surface area contributed by atoms with Crippen LogP contribution < -0.4 is 56.5 Å². The Hall–Kier alpha value is 1.55. The molecule has 0 aromatic rings. The summed E-state index contributed by atoms with van der Waals surface area (Å²) in [6, 6.07) is 0. The molecule has 0 atom stereocenters. The first-order chi connectivity index (χ1) is 3.56. The molecule has 0 fully saturated rings. The van der Waals surface area contributed by atoms with Gasteiger partial charge in [-0.25, -0.2) is 13.6 Å². The summed E-state index contributed by atoms with van der Waals surface area (Å²) in [7, 11) is -3.19. The molecule has 52 valence electrons. The second-order valence-corrected chi connectivity index (χ2v) is 3.45. The van der Waals surface area contributed by atoms with Gasteiger partial charge in [0, 0.05) is 0 Å². The summed E-state index contributed by atoms with van der Waals surface area (Å²) in [6.45, 7) is 1.92. The van der Waals surface area contributed by atoms with Gasteiger partial charge in [0.05, 0.1) is 5.75 Å². The first-order valence-electron chi connectivity index (χ1n) is 2.56. The zero-order chi connectivity index (χ0) is 6.62. The van der Waals surface area contributed by atoms with Crippen LogP contribution in [0.1, 0.15) is 21.2 Å². The van der Waals surface area contributed by atoms with Gasteiger partial charge >= 0.3 is 51.4 Å². The van der Waals surface area contributed by atoms with E-state index in [4.69, 9.17) is 5.14 Å². The van der Waals surface area contributed by atoms with Gasteiger partial charge in [0.1, 0.15) is 0 Å². The fourth-order valence-corrected chi connectivity index (χ4v) is 1.04. The van der Waals surface area contributed by atoms with Crippen LogP contribution in [0.25, 0.3) is 0 Å². The Kier molecular flexibility index (Phi) is 9.17. The average molecular weight is 177 g/mol. The molecule has 0 aromatic heterocycles. The summed E-state index contributed by atoms with van der Waals surface area (Å²) in [5.74, 6) is 0.115. The summed E-state index contributed by atoms with van der Waals surface area (Å²) < 4.78 is 20.3. The van der Waals surface area contributed by atoms with E-state index < -0.39 is 10.0 Å². The van der Waals surface area contributed by atoms with Gasteiger partial charge in [0.2, 0.25) is 10.0 Å². The van der Waals surface area contributed by atoms with Gasteiger partial charge in [-0.1, -0.05) is 13.3 Å². The predicted molar refractivity (Wildman–Crippen MR) is 34.0 cm³/mol.